The van der Waals surface area contributed by atoms with Gasteiger partial charge < -0.3 is 5.11 Å². The highest BCUT2D eigenvalue weighted by molar-refractivity contribution is 6.19. The Kier molecular flexibility index (Phi) is 4.04. The van der Waals surface area contributed by atoms with Crippen molar-refractivity contribution in [2.24, 2.45) is 0 Å². The summed E-state index contributed by atoms with van der Waals surface area (Å²) in [5, 5.41) is 8.46. The van der Waals surface area contributed by atoms with Crippen LogP contribution in [0.1, 0.15) is 19.8 Å². The summed E-state index contributed by atoms with van der Waals surface area (Å²) >= 11 is 0. The van der Waals surface area contributed by atoms with E-state index < -0.39 is 5.97 Å². The van der Waals surface area contributed by atoms with Crippen LogP contribution in [-0.2, 0) is 4.79 Å². The van der Waals surface area contributed by atoms with E-state index in [1.807, 2.05) is 6.92 Å². The van der Waals surface area contributed by atoms with Crippen molar-refractivity contribution < 1.29 is 9.90 Å². The maximum atomic E-state index is 10.3. The number of aliphatic carboxylic acids is 1. The number of hydrogen-bond donors (Lipinski definition) is 1. The molecule has 0 aromatic carbocycles. The molecule has 0 amide bonds. The fourth-order valence-electron chi connectivity index (χ4n) is 0.644. The Hall–Kier alpha value is -0.573. The Bertz CT molecular complexity index is 129. The van der Waals surface area contributed by atoms with E-state index in [0.29, 0.717) is 12.0 Å². The van der Waals surface area contributed by atoms with Gasteiger partial charge in [0.05, 0.1) is 0 Å². The SMILES string of the molecule is CCCC(=C[SiH3])C(=O)O. The van der Waals surface area contributed by atoms with E-state index >= 15 is 0 Å². The summed E-state index contributed by atoms with van der Waals surface area (Å²) in [7, 11) is 0.841. The van der Waals surface area contributed by atoms with Gasteiger partial charge >= 0.3 is 5.97 Å². The maximum absolute atomic E-state index is 10.3. The van der Waals surface area contributed by atoms with Gasteiger partial charge in [-0.05, 0) is 6.42 Å². The standard InChI is InChI=1S/C6H12O2Si/c1-2-3-5(4-9)6(7)8/h4H,2-3H2,1,9H3,(H,7,8). The number of carboxylic acids is 1. The van der Waals surface area contributed by atoms with E-state index in [1.54, 1.807) is 5.70 Å². The van der Waals surface area contributed by atoms with Crippen molar-refractivity contribution >= 4 is 16.2 Å². The zero-order valence-electron chi connectivity index (χ0n) is 5.85. The zero-order chi connectivity index (χ0) is 7.28. The number of carboxylic acid groups (broad SMARTS) is 1. The second kappa shape index (κ2) is 4.32. The van der Waals surface area contributed by atoms with E-state index in [9.17, 15) is 4.79 Å². The predicted octanol–water partition coefficient (Wildman–Crippen LogP) is 0.120. The molecule has 0 spiro atoms. The fourth-order valence-corrected chi connectivity index (χ4v) is 1.18. The molecule has 0 aromatic heterocycles. The first-order valence-electron chi connectivity index (χ1n) is 3.10. The van der Waals surface area contributed by atoms with Crippen LogP contribution in [0, 0.1) is 0 Å². The molecule has 0 unspecified atom stereocenters. The van der Waals surface area contributed by atoms with Gasteiger partial charge in [-0.15, -0.1) is 0 Å². The Labute approximate surface area is 58.0 Å². The lowest BCUT2D eigenvalue weighted by atomic mass is 10.2. The summed E-state index contributed by atoms with van der Waals surface area (Å²) in [6, 6.07) is 0. The lowest BCUT2D eigenvalue weighted by Crippen LogP contribution is -1.99. The van der Waals surface area contributed by atoms with Crippen molar-refractivity contribution in [1.29, 1.82) is 0 Å². The van der Waals surface area contributed by atoms with Crippen LogP contribution in [0.4, 0.5) is 0 Å². The molecule has 0 bridgehead atoms. The Balaban J connectivity index is 3.85. The Morgan fingerprint density at radius 3 is 2.44 bits per heavy atom. The van der Waals surface area contributed by atoms with Crippen molar-refractivity contribution in [1.82, 2.24) is 0 Å². The number of rotatable bonds is 3. The molecule has 0 atom stereocenters. The molecule has 0 rings (SSSR count). The largest absolute Gasteiger partial charge is 0.478 e. The second-order valence-electron chi connectivity index (χ2n) is 1.87. The van der Waals surface area contributed by atoms with E-state index in [1.165, 1.54) is 0 Å². The van der Waals surface area contributed by atoms with Crippen LogP contribution in [0.3, 0.4) is 0 Å². The molecule has 0 heterocycles. The predicted molar refractivity (Wildman–Crippen MR) is 40.6 cm³/mol. The van der Waals surface area contributed by atoms with E-state index in [0.717, 1.165) is 16.7 Å². The molecule has 0 aliphatic rings. The van der Waals surface area contributed by atoms with Gasteiger partial charge in [-0.25, -0.2) is 4.79 Å². The van der Waals surface area contributed by atoms with Crippen molar-refractivity contribution in [3.63, 3.8) is 0 Å². The molecule has 0 aromatic rings. The molecule has 0 saturated carbocycles. The molecule has 0 fully saturated rings. The topological polar surface area (TPSA) is 37.3 Å². The fraction of sp³-hybridized carbons (Fsp3) is 0.500. The van der Waals surface area contributed by atoms with Crippen LogP contribution >= 0.6 is 0 Å². The Morgan fingerprint density at radius 1 is 1.78 bits per heavy atom. The van der Waals surface area contributed by atoms with Crippen LogP contribution in [-0.4, -0.2) is 21.3 Å². The smallest absolute Gasteiger partial charge is 0.330 e. The molecule has 3 heteroatoms. The monoisotopic (exact) mass is 144 g/mol. The number of hydrogen-bond acceptors (Lipinski definition) is 1. The molecular formula is C6H12O2Si. The quantitative estimate of drug-likeness (QED) is 0.451. The lowest BCUT2D eigenvalue weighted by molar-refractivity contribution is -0.132. The van der Waals surface area contributed by atoms with Gasteiger partial charge in [-0.2, -0.15) is 0 Å². The molecule has 52 valence electrons. The van der Waals surface area contributed by atoms with Crippen LogP contribution < -0.4 is 0 Å². The minimum Gasteiger partial charge on any atom is -0.478 e. The molecule has 0 radical (unpaired) electrons. The van der Waals surface area contributed by atoms with Gasteiger partial charge in [0.1, 0.15) is 0 Å². The molecule has 0 aliphatic carbocycles. The summed E-state index contributed by atoms with van der Waals surface area (Å²) < 4.78 is 0. The lowest BCUT2D eigenvalue weighted by Gasteiger charge is -1.95. The third-order valence-corrected chi connectivity index (χ3v) is 1.84. The third kappa shape index (κ3) is 3.08. The van der Waals surface area contributed by atoms with Crippen LogP contribution in [0.2, 0.25) is 0 Å². The second-order valence-corrected chi connectivity index (χ2v) is 2.45. The van der Waals surface area contributed by atoms with E-state index in [-0.39, 0.29) is 0 Å². The molecule has 0 aliphatic heterocycles. The summed E-state index contributed by atoms with van der Waals surface area (Å²) in [4.78, 5) is 10.3. The maximum Gasteiger partial charge on any atom is 0.330 e. The summed E-state index contributed by atoms with van der Waals surface area (Å²) in [6.45, 7) is 1.98. The molecule has 2 nitrogen and oxygen atoms in total. The van der Waals surface area contributed by atoms with Gasteiger partial charge in [0.15, 0.2) is 0 Å². The van der Waals surface area contributed by atoms with E-state index in [4.69, 9.17) is 5.11 Å². The van der Waals surface area contributed by atoms with Gasteiger partial charge in [-0.1, -0.05) is 19.0 Å². The van der Waals surface area contributed by atoms with Crippen LogP contribution in [0.25, 0.3) is 0 Å². The first kappa shape index (κ1) is 8.43. The third-order valence-electron chi connectivity index (χ3n) is 1.14. The zero-order valence-corrected chi connectivity index (χ0v) is 7.85. The summed E-state index contributed by atoms with van der Waals surface area (Å²) in [5.74, 6) is -0.758. The Morgan fingerprint density at radius 2 is 2.33 bits per heavy atom. The van der Waals surface area contributed by atoms with Crippen molar-refractivity contribution in [3.8, 4) is 0 Å². The average molecular weight is 144 g/mol. The highest BCUT2D eigenvalue weighted by Gasteiger charge is 2.01. The molecule has 0 saturated heterocycles. The van der Waals surface area contributed by atoms with Crippen molar-refractivity contribution in [2.75, 3.05) is 0 Å². The van der Waals surface area contributed by atoms with Crippen molar-refractivity contribution in [2.45, 2.75) is 19.8 Å². The first-order valence-corrected chi connectivity index (χ1v) is 4.26. The van der Waals surface area contributed by atoms with Gasteiger partial charge in [0.2, 0.25) is 0 Å². The normalized spacial score (nSPS) is 11.9. The van der Waals surface area contributed by atoms with E-state index in [2.05, 4.69) is 0 Å². The van der Waals surface area contributed by atoms with Gasteiger partial charge in [0.25, 0.3) is 0 Å². The van der Waals surface area contributed by atoms with Crippen LogP contribution in [0.15, 0.2) is 11.3 Å². The van der Waals surface area contributed by atoms with Gasteiger partial charge in [0, 0.05) is 15.8 Å². The van der Waals surface area contributed by atoms with Crippen LogP contribution in [0.5, 0.6) is 0 Å². The molecular weight excluding hydrogens is 132 g/mol. The summed E-state index contributed by atoms with van der Waals surface area (Å²) in [5.41, 5.74) is 2.36. The average Bonchev–Trinajstić information content (AvgIpc) is 1.82. The molecule has 9 heavy (non-hydrogen) atoms. The van der Waals surface area contributed by atoms with Gasteiger partial charge in [-0.3, -0.25) is 0 Å². The first-order chi connectivity index (χ1) is 4.22. The highest BCUT2D eigenvalue weighted by atomic mass is 28.1. The minimum atomic E-state index is -0.758. The number of carbonyl (C=O) groups is 1. The van der Waals surface area contributed by atoms with Crippen molar-refractivity contribution in [3.05, 3.63) is 11.3 Å². The summed E-state index contributed by atoms with van der Waals surface area (Å²) in [6.07, 6.45) is 1.62. The highest BCUT2D eigenvalue weighted by Crippen LogP contribution is 2.02. The molecule has 1 N–H and O–H groups in total. The minimum absolute atomic E-state index is 0.573.